The van der Waals surface area contributed by atoms with Gasteiger partial charge in [0, 0.05) is 13.1 Å². The molecule has 2 rings (SSSR count). The smallest absolute Gasteiger partial charge is 0.318 e. The number of amides is 1. The Morgan fingerprint density at radius 2 is 2.43 bits per heavy atom. The SMILES string of the molecule is NCc1nnc(N2CCNC(=O)C2)o1. The molecule has 3 N–H and O–H groups in total. The molecule has 0 bridgehead atoms. The zero-order chi connectivity index (χ0) is 9.97. The summed E-state index contributed by atoms with van der Waals surface area (Å²) in [6, 6.07) is 0.361. The molecule has 14 heavy (non-hydrogen) atoms. The molecule has 0 unspecified atom stereocenters. The molecule has 7 nitrogen and oxygen atoms in total. The monoisotopic (exact) mass is 197 g/mol. The van der Waals surface area contributed by atoms with Crippen molar-refractivity contribution in [1.82, 2.24) is 15.5 Å². The summed E-state index contributed by atoms with van der Waals surface area (Å²) >= 11 is 0. The number of nitrogens with two attached hydrogens (primary N) is 1. The van der Waals surface area contributed by atoms with Crippen LogP contribution in [0.1, 0.15) is 5.89 Å². The Kier molecular flexibility index (Phi) is 2.32. The highest BCUT2D eigenvalue weighted by Gasteiger charge is 2.20. The highest BCUT2D eigenvalue weighted by molar-refractivity contribution is 5.81. The van der Waals surface area contributed by atoms with Gasteiger partial charge in [-0.15, -0.1) is 5.10 Å². The van der Waals surface area contributed by atoms with Gasteiger partial charge in [0.15, 0.2) is 0 Å². The minimum absolute atomic E-state index is 0.0382. The third-order valence-corrected chi connectivity index (χ3v) is 1.94. The molecule has 1 amide bonds. The minimum Gasteiger partial charge on any atom is -0.407 e. The Morgan fingerprint density at radius 3 is 3.07 bits per heavy atom. The maximum atomic E-state index is 11.1. The predicted molar refractivity (Wildman–Crippen MR) is 47.4 cm³/mol. The van der Waals surface area contributed by atoms with Crippen molar-refractivity contribution in [3.05, 3.63) is 5.89 Å². The van der Waals surface area contributed by atoms with Gasteiger partial charge in [-0.05, 0) is 0 Å². The molecule has 76 valence electrons. The normalized spacial score (nSPS) is 16.9. The van der Waals surface area contributed by atoms with Crippen LogP contribution in [0.4, 0.5) is 6.01 Å². The van der Waals surface area contributed by atoms with Crippen LogP contribution in [-0.4, -0.2) is 35.7 Å². The van der Waals surface area contributed by atoms with E-state index in [2.05, 4.69) is 15.5 Å². The molecule has 0 saturated carbocycles. The molecular formula is C7H11N5O2. The number of anilines is 1. The van der Waals surface area contributed by atoms with Crippen molar-refractivity contribution in [2.45, 2.75) is 6.54 Å². The fraction of sp³-hybridized carbons (Fsp3) is 0.571. The quantitative estimate of drug-likeness (QED) is 0.596. The summed E-state index contributed by atoms with van der Waals surface area (Å²) < 4.78 is 5.22. The van der Waals surface area contributed by atoms with E-state index in [1.165, 1.54) is 0 Å². The second-order valence-electron chi connectivity index (χ2n) is 2.95. The van der Waals surface area contributed by atoms with Crippen LogP contribution in [0.2, 0.25) is 0 Å². The molecule has 0 radical (unpaired) electrons. The fourth-order valence-corrected chi connectivity index (χ4v) is 1.26. The van der Waals surface area contributed by atoms with E-state index in [1.807, 2.05) is 0 Å². The first-order valence-corrected chi connectivity index (χ1v) is 4.33. The molecule has 0 aliphatic carbocycles. The van der Waals surface area contributed by atoms with Crippen molar-refractivity contribution in [3.8, 4) is 0 Å². The lowest BCUT2D eigenvalue weighted by Crippen LogP contribution is -2.47. The van der Waals surface area contributed by atoms with Gasteiger partial charge in [0.05, 0.1) is 6.54 Å². The fourth-order valence-electron chi connectivity index (χ4n) is 1.26. The summed E-state index contributed by atoms with van der Waals surface area (Å²) in [6.07, 6.45) is 0. The summed E-state index contributed by atoms with van der Waals surface area (Å²) in [5.41, 5.74) is 5.33. The molecular weight excluding hydrogens is 186 g/mol. The van der Waals surface area contributed by atoms with Gasteiger partial charge in [-0.25, -0.2) is 0 Å². The van der Waals surface area contributed by atoms with Gasteiger partial charge in [-0.3, -0.25) is 4.79 Å². The zero-order valence-corrected chi connectivity index (χ0v) is 7.56. The molecule has 0 spiro atoms. The van der Waals surface area contributed by atoms with Crippen molar-refractivity contribution in [3.63, 3.8) is 0 Å². The van der Waals surface area contributed by atoms with Crippen molar-refractivity contribution >= 4 is 11.9 Å². The molecule has 1 aliphatic heterocycles. The first-order valence-electron chi connectivity index (χ1n) is 4.33. The van der Waals surface area contributed by atoms with Crippen LogP contribution in [0.5, 0.6) is 0 Å². The molecule has 0 aromatic carbocycles. The van der Waals surface area contributed by atoms with Gasteiger partial charge in [-0.2, -0.15) is 0 Å². The predicted octanol–water partition coefficient (Wildman–Crippen LogP) is -1.54. The second kappa shape index (κ2) is 3.62. The van der Waals surface area contributed by atoms with Crippen molar-refractivity contribution in [2.75, 3.05) is 24.5 Å². The lowest BCUT2D eigenvalue weighted by atomic mass is 10.4. The average molecular weight is 197 g/mol. The minimum atomic E-state index is -0.0382. The van der Waals surface area contributed by atoms with Gasteiger partial charge < -0.3 is 20.4 Å². The Morgan fingerprint density at radius 1 is 1.57 bits per heavy atom. The van der Waals surface area contributed by atoms with E-state index in [1.54, 1.807) is 4.90 Å². The van der Waals surface area contributed by atoms with E-state index in [4.69, 9.17) is 10.2 Å². The summed E-state index contributed by atoms with van der Waals surface area (Å²) in [5, 5.41) is 10.2. The molecule has 2 heterocycles. The van der Waals surface area contributed by atoms with Gasteiger partial charge in [0.1, 0.15) is 6.54 Å². The average Bonchev–Trinajstić information content (AvgIpc) is 2.66. The van der Waals surface area contributed by atoms with Crippen LogP contribution in [-0.2, 0) is 11.3 Å². The number of nitrogens with zero attached hydrogens (tertiary/aromatic N) is 3. The van der Waals surface area contributed by atoms with Crippen molar-refractivity contribution < 1.29 is 9.21 Å². The van der Waals surface area contributed by atoms with Gasteiger partial charge >= 0.3 is 6.01 Å². The molecule has 1 aromatic heterocycles. The lowest BCUT2D eigenvalue weighted by Gasteiger charge is -2.24. The summed E-state index contributed by atoms with van der Waals surface area (Å²) in [4.78, 5) is 12.8. The second-order valence-corrected chi connectivity index (χ2v) is 2.95. The maximum Gasteiger partial charge on any atom is 0.318 e. The first kappa shape index (κ1) is 8.95. The Hall–Kier alpha value is -1.63. The number of carbonyl (C=O) groups is 1. The van der Waals surface area contributed by atoms with Gasteiger partial charge in [0.2, 0.25) is 11.8 Å². The third kappa shape index (κ3) is 1.67. The Labute approximate surface area is 80.3 Å². The van der Waals surface area contributed by atoms with E-state index >= 15 is 0 Å². The number of nitrogens with one attached hydrogen (secondary N) is 1. The number of aromatic nitrogens is 2. The van der Waals surface area contributed by atoms with Gasteiger partial charge in [-0.1, -0.05) is 5.10 Å². The molecule has 0 atom stereocenters. The standard InChI is InChI=1S/C7H11N5O2/c8-3-6-10-11-7(14-6)12-2-1-9-5(13)4-12/h1-4,8H2,(H,9,13). The van der Waals surface area contributed by atoms with E-state index in [9.17, 15) is 4.79 Å². The number of hydrogen-bond acceptors (Lipinski definition) is 6. The van der Waals surface area contributed by atoms with Crippen molar-refractivity contribution in [2.24, 2.45) is 5.73 Å². The zero-order valence-electron chi connectivity index (χ0n) is 7.56. The van der Waals surface area contributed by atoms with Crippen LogP contribution in [0.3, 0.4) is 0 Å². The number of piperazine rings is 1. The molecule has 1 aromatic rings. The molecule has 1 saturated heterocycles. The first-order chi connectivity index (χ1) is 6.79. The van der Waals surface area contributed by atoms with E-state index < -0.39 is 0 Å². The number of rotatable bonds is 2. The third-order valence-electron chi connectivity index (χ3n) is 1.94. The highest BCUT2D eigenvalue weighted by atomic mass is 16.4. The summed E-state index contributed by atoms with van der Waals surface area (Å²) in [6.45, 7) is 1.75. The van der Waals surface area contributed by atoms with E-state index in [0.717, 1.165) is 0 Å². The van der Waals surface area contributed by atoms with Crippen LogP contribution in [0.25, 0.3) is 0 Å². The topological polar surface area (TPSA) is 97.3 Å². The highest BCUT2D eigenvalue weighted by Crippen LogP contribution is 2.12. The number of hydrogen-bond donors (Lipinski definition) is 2. The molecule has 1 fully saturated rings. The Bertz CT molecular complexity index is 337. The molecule has 7 heteroatoms. The summed E-state index contributed by atoms with van der Waals surface area (Å²) in [7, 11) is 0. The van der Waals surface area contributed by atoms with Crippen LogP contribution in [0.15, 0.2) is 4.42 Å². The molecule has 1 aliphatic rings. The van der Waals surface area contributed by atoms with E-state index in [-0.39, 0.29) is 19.0 Å². The van der Waals surface area contributed by atoms with Crippen molar-refractivity contribution in [1.29, 1.82) is 0 Å². The van der Waals surface area contributed by atoms with Gasteiger partial charge in [0.25, 0.3) is 0 Å². The van der Waals surface area contributed by atoms with Crippen LogP contribution >= 0.6 is 0 Å². The number of carbonyl (C=O) groups excluding carboxylic acids is 1. The van der Waals surface area contributed by atoms with Crippen LogP contribution in [0, 0.1) is 0 Å². The maximum absolute atomic E-state index is 11.1. The lowest BCUT2D eigenvalue weighted by molar-refractivity contribution is -0.120. The van der Waals surface area contributed by atoms with E-state index in [0.29, 0.717) is 25.0 Å². The Balaban J connectivity index is 2.09. The largest absolute Gasteiger partial charge is 0.407 e. The van der Waals surface area contributed by atoms with Crippen LogP contribution < -0.4 is 16.0 Å². The summed E-state index contributed by atoms with van der Waals surface area (Å²) in [5.74, 6) is 0.342.